The highest BCUT2D eigenvalue weighted by Crippen LogP contribution is 2.27. The third kappa shape index (κ3) is 4.48. The molecule has 23 heavy (non-hydrogen) atoms. The third-order valence-electron chi connectivity index (χ3n) is 4.16. The van der Waals surface area contributed by atoms with Gasteiger partial charge in [0, 0.05) is 36.3 Å². The van der Waals surface area contributed by atoms with Gasteiger partial charge in [-0.15, -0.1) is 23.7 Å². The molecule has 1 aliphatic rings. The number of thiophene rings is 1. The van der Waals surface area contributed by atoms with E-state index < -0.39 is 0 Å². The van der Waals surface area contributed by atoms with Gasteiger partial charge in [-0.05, 0) is 24.1 Å². The molecule has 1 aromatic carbocycles. The van der Waals surface area contributed by atoms with E-state index in [0.717, 1.165) is 22.2 Å². The Kier molecular flexibility index (Phi) is 6.48. The number of carbonyl (C=O) groups is 1. The van der Waals surface area contributed by atoms with Crippen molar-refractivity contribution in [2.24, 2.45) is 5.73 Å². The van der Waals surface area contributed by atoms with Gasteiger partial charge in [-0.3, -0.25) is 4.79 Å². The summed E-state index contributed by atoms with van der Waals surface area (Å²) in [6, 6.07) is 14.1. The van der Waals surface area contributed by atoms with Crippen LogP contribution in [-0.2, 0) is 11.2 Å². The molecule has 1 fully saturated rings. The van der Waals surface area contributed by atoms with E-state index in [1.165, 1.54) is 5.56 Å². The maximum atomic E-state index is 12.4. The van der Waals surface area contributed by atoms with Gasteiger partial charge in [-0.25, -0.2) is 0 Å². The SMILES string of the molecule is Cl.N[C@@H]1CN(C(=O)CCc2ccc(Cl)s2)C[C@H]1c1ccccc1. The summed E-state index contributed by atoms with van der Waals surface area (Å²) in [5.74, 6) is 0.416. The van der Waals surface area contributed by atoms with Crippen molar-refractivity contribution in [1.29, 1.82) is 0 Å². The van der Waals surface area contributed by atoms with Crippen LogP contribution in [0.25, 0.3) is 0 Å². The molecule has 124 valence electrons. The number of benzene rings is 1. The lowest BCUT2D eigenvalue weighted by atomic mass is 9.95. The summed E-state index contributed by atoms with van der Waals surface area (Å²) in [6.07, 6.45) is 1.27. The van der Waals surface area contributed by atoms with Crippen molar-refractivity contribution in [3.05, 3.63) is 57.2 Å². The van der Waals surface area contributed by atoms with E-state index in [0.29, 0.717) is 13.0 Å². The quantitative estimate of drug-likeness (QED) is 0.891. The summed E-state index contributed by atoms with van der Waals surface area (Å²) < 4.78 is 0.773. The Morgan fingerprint density at radius 1 is 1.22 bits per heavy atom. The largest absolute Gasteiger partial charge is 0.340 e. The van der Waals surface area contributed by atoms with Crippen LogP contribution in [0.4, 0.5) is 0 Å². The zero-order valence-electron chi connectivity index (χ0n) is 12.7. The fraction of sp³-hybridized carbons (Fsp3) is 0.353. The number of rotatable bonds is 4. The topological polar surface area (TPSA) is 46.3 Å². The first kappa shape index (κ1) is 18.3. The molecule has 1 saturated heterocycles. The van der Waals surface area contributed by atoms with Crippen LogP contribution in [0.1, 0.15) is 22.8 Å². The average Bonchev–Trinajstić information content (AvgIpc) is 3.12. The maximum Gasteiger partial charge on any atom is 0.223 e. The number of carbonyl (C=O) groups excluding carboxylic acids is 1. The molecular weight excluding hydrogens is 351 g/mol. The lowest BCUT2D eigenvalue weighted by Gasteiger charge is -2.16. The van der Waals surface area contributed by atoms with E-state index in [1.54, 1.807) is 11.3 Å². The minimum Gasteiger partial charge on any atom is -0.340 e. The van der Waals surface area contributed by atoms with Gasteiger partial charge in [0.2, 0.25) is 5.91 Å². The Labute approximate surface area is 151 Å². The summed E-state index contributed by atoms with van der Waals surface area (Å²) in [6.45, 7) is 1.36. The Bertz CT molecular complexity index is 647. The zero-order chi connectivity index (χ0) is 15.5. The fourth-order valence-corrected chi connectivity index (χ4v) is 4.05. The van der Waals surface area contributed by atoms with Gasteiger partial charge in [0.1, 0.15) is 0 Å². The normalized spacial score (nSPS) is 20.3. The van der Waals surface area contributed by atoms with Crippen molar-refractivity contribution in [3.63, 3.8) is 0 Å². The number of hydrogen-bond acceptors (Lipinski definition) is 3. The number of amides is 1. The van der Waals surface area contributed by atoms with Crippen molar-refractivity contribution >= 4 is 41.3 Å². The predicted octanol–water partition coefficient (Wildman–Crippen LogP) is 3.71. The van der Waals surface area contributed by atoms with Gasteiger partial charge >= 0.3 is 0 Å². The first-order chi connectivity index (χ1) is 10.6. The first-order valence-electron chi connectivity index (χ1n) is 7.46. The van der Waals surface area contributed by atoms with Crippen LogP contribution in [0, 0.1) is 0 Å². The highest BCUT2D eigenvalue weighted by molar-refractivity contribution is 7.16. The molecule has 1 amide bonds. The molecule has 3 rings (SSSR count). The molecule has 6 heteroatoms. The Morgan fingerprint density at radius 3 is 2.61 bits per heavy atom. The van der Waals surface area contributed by atoms with Crippen LogP contribution >= 0.6 is 35.3 Å². The van der Waals surface area contributed by atoms with Crippen molar-refractivity contribution in [1.82, 2.24) is 4.90 Å². The molecule has 0 unspecified atom stereocenters. The van der Waals surface area contributed by atoms with Crippen molar-refractivity contribution in [2.75, 3.05) is 13.1 Å². The van der Waals surface area contributed by atoms with Crippen molar-refractivity contribution < 1.29 is 4.79 Å². The highest BCUT2D eigenvalue weighted by Gasteiger charge is 2.33. The molecule has 0 spiro atoms. The second-order valence-electron chi connectivity index (χ2n) is 5.69. The highest BCUT2D eigenvalue weighted by atomic mass is 35.5. The van der Waals surface area contributed by atoms with Crippen LogP contribution in [0.5, 0.6) is 0 Å². The monoisotopic (exact) mass is 370 g/mol. The van der Waals surface area contributed by atoms with Crippen LogP contribution in [0.2, 0.25) is 4.34 Å². The smallest absolute Gasteiger partial charge is 0.223 e. The Balaban J connectivity index is 0.00000192. The standard InChI is InChI=1S/C17H19ClN2OS.ClH/c18-16-8-6-13(22-16)7-9-17(21)20-10-14(15(19)11-20)12-4-2-1-3-5-12;/h1-6,8,14-15H,7,9-11,19H2;1H/t14-,15+;/m0./s1. The number of nitrogens with zero attached hydrogens (tertiary/aromatic N) is 1. The maximum absolute atomic E-state index is 12.4. The minimum atomic E-state index is 0. The number of nitrogens with two attached hydrogens (primary N) is 1. The summed E-state index contributed by atoms with van der Waals surface area (Å²) in [5.41, 5.74) is 7.46. The minimum absolute atomic E-state index is 0. The van der Waals surface area contributed by atoms with Crippen LogP contribution < -0.4 is 5.73 Å². The molecule has 2 aromatic rings. The molecule has 1 aromatic heterocycles. The molecule has 0 saturated carbocycles. The number of likely N-dealkylation sites (tertiary alicyclic amines) is 1. The number of halogens is 2. The first-order valence-corrected chi connectivity index (χ1v) is 8.65. The predicted molar refractivity (Wildman–Crippen MR) is 98.6 cm³/mol. The second kappa shape index (κ2) is 8.15. The Hall–Kier alpha value is -1.07. The summed E-state index contributed by atoms with van der Waals surface area (Å²) >= 11 is 7.46. The van der Waals surface area contributed by atoms with E-state index in [9.17, 15) is 4.79 Å². The van der Waals surface area contributed by atoms with E-state index in [4.69, 9.17) is 17.3 Å². The lowest BCUT2D eigenvalue weighted by molar-refractivity contribution is -0.130. The molecular formula is C17H20Cl2N2OS. The molecule has 2 N–H and O–H groups in total. The summed E-state index contributed by atoms with van der Waals surface area (Å²) in [7, 11) is 0. The van der Waals surface area contributed by atoms with Crippen molar-refractivity contribution in [2.45, 2.75) is 24.8 Å². The third-order valence-corrected chi connectivity index (χ3v) is 5.45. The summed E-state index contributed by atoms with van der Waals surface area (Å²) in [5, 5.41) is 0. The molecule has 2 heterocycles. The van der Waals surface area contributed by atoms with Gasteiger partial charge < -0.3 is 10.6 Å². The van der Waals surface area contributed by atoms with Gasteiger partial charge in [0.05, 0.1) is 4.34 Å². The van der Waals surface area contributed by atoms with Crippen LogP contribution in [0.15, 0.2) is 42.5 Å². The van der Waals surface area contributed by atoms with E-state index in [2.05, 4.69) is 12.1 Å². The van der Waals surface area contributed by atoms with E-state index in [1.807, 2.05) is 35.2 Å². The lowest BCUT2D eigenvalue weighted by Crippen LogP contribution is -2.32. The molecule has 0 bridgehead atoms. The van der Waals surface area contributed by atoms with Crippen LogP contribution in [-0.4, -0.2) is 29.9 Å². The molecule has 2 atom stereocenters. The van der Waals surface area contributed by atoms with Crippen LogP contribution in [0.3, 0.4) is 0 Å². The summed E-state index contributed by atoms with van der Waals surface area (Å²) in [4.78, 5) is 15.4. The second-order valence-corrected chi connectivity index (χ2v) is 7.49. The average molecular weight is 371 g/mol. The Morgan fingerprint density at radius 2 is 1.96 bits per heavy atom. The molecule has 3 nitrogen and oxygen atoms in total. The molecule has 1 aliphatic heterocycles. The van der Waals surface area contributed by atoms with Crippen molar-refractivity contribution in [3.8, 4) is 0 Å². The number of aryl methyl sites for hydroxylation is 1. The zero-order valence-corrected chi connectivity index (χ0v) is 15.0. The van der Waals surface area contributed by atoms with Gasteiger partial charge in [-0.2, -0.15) is 0 Å². The van der Waals surface area contributed by atoms with E-state index >= 15 is 0 Å². The van der Waals surface area contributed by atoms with E-state index in [-0.39, 0.29) is 30.3 Å². The van der Waals surface area contributed by atoms with Gasteiger partial charge in [-0.1, -0.05) is 41.9 Å². The van der Waals surface area contributed by atoms with Gasteiger partial charge in [0.15, 0.2) is 0 Å². The number of hydrogen-bond donors (Lipinski definition) is 1. The molecule has 0 radical (unpaired) electrons. The fourth-order valence-electron chi connectivity index (χ4n) is 2.96. The van der Waals surface area contributed by atoms with Gasteiger partial charge in [0.25, 0.3) is 0 Å². The molecule has 0 aliphatic carbocycles.